The number of pyridine rings is 1. The van der Waals surface area contributed by atoms with Gasteiger partial charge in [-0.3, -0.25) is 4.98 Å². The molecule has 0 atom stereocenters. The molecule has 0 bridgehead atoms. The zero-order chi connectivity index (χ0) is 8.55. The largest absolute Gasteiger partial charge is 0.256 e. The third-order valence-electron chi connectivity index (χ3n) is 1.65. The van der Waals surface area contributed by atoms with Crippen LogP contribution in [0.4, 0.5) is 0 Å². The summed E-state index contributed by atoms with van der Waals surface area (Å²) >= 11 is 4.62. The van der Waals surface area contributed by atoms with Crippen LogP contribution in [0.25, 0.3) is 10.9 Å². The van der Waals surface area contributed by atoms with Gasteiger partial charge in [-0.25, -0.2) is 0 Å². The number of hydrogen-bond donors (Lipinski definition) is 0. The molecular weight excluding hydrogens is 503 g/mol. The van der Waals surface area contributed by atoms with Gasteiger partial charge in [-0.1, -0.05) is 6.07 Å². The molecule has 0 spiro atoms. The molecular formula is C9H6I3N. The second-order valence-electron chi connectivity index (χ2n) is 2.45. The van der Waals surface area contributed by atoms with Gasteiger partial charge < -0.3 is 0 Å². The summed E-state index contributed by atoms with van der Waals surface area (Å²) in [6.07, 6.45) is 1.85. The molecule has 0 aliphatic heterocycles. The highest BCUT2D eigenvalue weighted by Crippen LogP contribution is 2.20. The van der Waals surface area contributed by atoms with Gasteiger partial charge in [0.2, 0.25) is 0 Å². The number of hydrogen-bond acceptors (Lipinski definition) is 1. The summed E-state index contributed by atoms with van der Waals surface area (Å²) in [6.45, 7) is 0. The van der Waals surface area contributed by atoms with Gasteiger partial charge in [0, 0.05) is 18.7 Å². The quantitative estimate of drug-likeness (QED) is 0.489. The molecule has 0 fully saturated rings. The Kier molecular flexibility index (Phi) is 4.63. The van der Waals surface area contributed by atoms with Gasteiger partial charge in [-0.15, -0.1) is 24.0 Å². The molecule has 1 nitrogen and oxygen atoms in total. The SMILES string of the molecule is I.Ic1ccc2c(I)ccnc2c1. The molecule has 1 aromatic carbocycles. The maximum absolute atomic E-state index is 4.29. The van der Waals surface area contributed by atoms with E-state index in [-0.39, 0.29) is 24.0 Å². The van der Waals surface area contributed by atoms with E-state index in [2.05, 4.69) is 68.4 Å². The molecule has 0 radical (unpaired) electrons. The number of benzene rings is 1. The number of rotatable bonds is 0. The van der Waals surface area contributed by atoms with Crippen molar-refractivity contribution in [1.82, 2.24) is 4.98 Å². The van der Waals surface area contributed by atoms with E-state index in [1.165, 1.54) is 12.5 Å². The van der Waals surface area contributed by atoms with Crippen LogP contribution in [0.2, 0.25) is 0 Å². The number of aromatic nitrogens is 1. The second kappa shape index (κ2) is 5.06. The van der Waals surface area contributed by atoms with Crippen molar-refractivity contribution >= 4 is 80.1 Å². The van der Waals surface area contributed by atoms with Gasteiger partial charge in [0.25, 0.3) is 0 Å². The second-order valence-corrected chi connectivity index (χ2v) is 4.86. The lowest BCUT2D eigenvalue weighted by atomic mass is 10.2. The zero-order valence-corrected chi connectivity index (χ0v) is 13.1. The van der Waals surface area contributed by atoms with Crippen molar-refractivity contribution in [2.45, 2.75) is 0 Å². The molecule has 0 saturated heterocycles. The Balaban J connectivity index is 0.000000845. The van der Waals surface area contributed by atoms with E-state index in [0.29, 0.717) is 0 Å². The monoisotopic (exact) mass is 509 g/mol. The normalized spacial score (nSPS) is 9.69. The molecule has 1 heterocycles. The highest BCUT2D eigenvalue weighted by molar-refractivity contribution is 14.1. The van der Waals surface area contributed by atoms with E-state index < -0.39 is 0 Å². The van der Waals surface area contributed by atoms with Crippen LogP contribution in [-0.2, 0) is 0 Å². The highest BCUT2D eigenvalue weighted by Gasteiger charge is 1.98. The minimum atomic E-state index is 0. The first-order chi connectivity index (χ1) is 5.77. The van der Waals surface area contributed by atoms with Crippen LogP contribution in [0, 0.1) is 7.14 Å². The van der Waals surface area contributed by atoms with Crippen LogP contribution in [0.3, 0.4) is 0 Å². The summed E-state index contributed by atoms with van der Waals surface area (Å²) in [6, 6.07) is 8.34. The average Bonchev–Trinajstić information content (AvgIpc) is 2.04. The van der Waals surface area contributed by atoms with Crippen LogP contribution in [0.1, 0.15) is 0 Å². The first-order valence-corrected chi connectivity index (χ1v) is 5.63. The fourth-order valence-corrected chi connectivity index (χ4v) is 2.18. The Hall–Kier alpha value is 0.820. The number of fused-ring (bicyclic) bond motifs is 1. The van der Waals surface area contributed by atoms with Crippen LogP contribution in [-0.4, -0.2) is 4.98 Å². The minimum Gasteiger partial charge on any atom is -0.256 e. The summed E-state index contributed by atoms with van der Waals surface area (Å²) in [5.41, 5.74) is 1.08. The van der Waals surface area contributed by atoms with Gasteiger partial charge in [0.15, 0.2) is 0 Å². The molecule has 0 aliphatic carbocycles. The molecule has 68 valence electrons. The topological polar surface area (TPSA) is 12.9 Å². The third kappa shape index (κ3) is 2.65. The van der Waals surface area contributed by atoms with E-state index in [9.17, 15) is 0 Å². The summed E-state index contributed by atoms with van der Waals surface area (Å²) in [7, 11) is 0. The van der Waals surface area contributed by atoms with Crippen molar-refractivity contribution in [3.8, 4) is 0 Å². The molecule has 0 aliphatic rings. The van der Waals surface area contributed by atoms with Gasteiger partial charge >= 0.3 is 0 Å². The predicted octanol–water partition coefficient (Wildman–Crippen LogP) is 4.06. The Labute approximate surface area is 121 Å². The fraction of sp³-hybridized carbons (Fsp3) is 0. The van der Waals surface area contributed by atoms with Crippen molar-refractivity contribution in [3.05, 3.63) is 37.6 Å². The van der Waals surface area contributed by atoms with E-state index in [4.69, 9.17) is 0 Å². The van der Waals surface area contributed by atoms with Crippen LogP contribution >= 0.6 is 69.2 Å². The maximum atomic E-state index is 4.29. The first-order valence-electron chi connectivity index (χ1n) is 3.47. The Morgan fingerprint density at radius 2 is 1.85 bits per heavy atom. The number of nitrogens with zero attached hydrogens (tertiary/aromatic N) is 1. The predicted molar refractivity (Wildman–Crippen MR) is 82.6 cm³/mol. The van der Waals surface area contributed by atoms with E-state index in [1.54, 1.807) is 0 Å². The summed E-state index contributed by atoms with van der Waals surface area (Å²) < 4.78 is 2.49. The van der Waals surface area contributed by atoms with E-state index >= 15 is 0 Å². The standard InChI is InChI=1S/C9H5I2N.HI/c10-6-1-2-7-8(11)3-4-12-9(7)5-6;/h1-5H;1H. The molecule has 4 heteroatoms. The first kappa shape index (κ1) is 11.9. The van der Waals surface area contributed by atoms with Crippen molar-refractivity contribution in [2.24, 2.45) is 0 Å². The van der Waals surface area contributed by atoms with Crippen LogP contribution in [0.15, 0.2) is 30.5 Å². The van der Waals surface area contributed by atoms with Crippen molar-refractivity contribution in [2.75, 3.05) is 0 Å². The maximum Gasteiger partial charge on any atom is 0.0723 e. The van der Waals surface area contributed by atoms with E-state index in [1.807, 2.05) is 12.3 Å². The lowest BCUT2D eigenvalue weighted by Gasteiger charge is -1.98. The molecule has 1 aromatic heterocycles. The van der Waals surface area contributed by atoms with Crippen LogP contribution < -0.4 is 0 Å². The highest BCUT2D eigenvalue weighted by atomic mass is 127. The molecule has 13 heavy (non-hydrogen) atoms. The lowest BCUT2D eigenvalue weighted by Crippen LogP contribution is -1.82. The van der Waals surface area contributed by atoms with Crippen LogP contribution in [0.5, 0.6) is 0 Å². The van der Waals surface area contributed by atoms with Gasteiger partial charge in [0.1, 0.15) is 0 Å². The number of halogens is 3. The fourth-order valence-electron chi connectivity index (χ4n) is 1.09. The zero-order valence-electron chi connectivity index (χ0n) is 6.50. The average molecular weight is 509 g/mol. The van der Waals surface area contributed by atoms with Gasteiger partial charge in [-0.2, -0.15) is 0 Å². The summed E-state index contributed by atoms with van der Waals surface area (Å²) in [5.74, 6) is 0. The minimum absolute atomic E-state index is 0. The third-order valence-corrected chi connectivity index (χ3v) is 3.26. The Bertz CT molecular complexity index is 428. The Morgan fingerprint density at radius 1 is 1.08 bits per heavy atom. The van der Waals surface area contributed by atoms with Crippen molar-refractivity contribution in [3.63, 3.8) is 0 Å². The lowest BCUT2D eigenvalue weighted by molar-refractivity contribution is 1.40. The summed E-state index contributed by atoms with van der Waals surface area (Å²) in [5, 5.41) is 1.23. The van der Waals surface area contributed by atoms with Crippen molar-refractivity contribution < 1.29 is 0 Å². The molecule has 0 N–H and O–H groups in total. The molecule has 0 unspecified atom stereocenters. The Morgan fingerprint density at radius 3 is 2.62 bits per heavy atom. The van der Waals surface area contributed by atoms with Gasteiger partial charge in [-0.05, 0) is 63.4 Å². The summed E-state index contributed by atoms with van der Waals surface area (Å²) in [4.78, 5) is 4.29. The molecule has 2 rings (SSSR count). The molecule has 0 saturated carbocycles. The molecule has 2 aromatic rings. The van der Waals surface area contributed by atoms with Gasteiger partial charge in [0.05, 0.1) is 5.52 Å². The smallest absolute Gasteiger partial charge is 0.0723 e. The van der Waals surface area contributed by atoms with E-state index in [0.717, 1.165) is 5.52 Å². The van der Waals surface area contributed by atoms with Crippen molar-refractivity contribution in [1.29, 1.82) is 0 Å². The molecule has 0 amide bonds.